The molecule has 0 saturated carbocycles. The van der Waals surface area contributed by atoms with Crippen molar-refractivity contribution in [2.75, 3.05) is 17.2 Å². The molecule has 0 aliphatic carbocycles. The first-order valence-electron chi connectivity index (χ1n) is 5.55. The van der Waals surface area contributed by atoms with Crippen molar-refractivity contribution in [2.24, 2.45) is 5.92 Å². The lowest BCUT2D eigenvalue weighted by Crippen LogP contribution is -2.26. The Labute approximate surface area is 127 Å². The Balaban J connectivity index is 2.27. The Bertz CT molecular complexity index is 668. The second-order valence-electron chi connectivity index (χ2n) is 4.47. The molecule has 4 nitrogen and oxygen atoms in total. The number of nitrogens with zero attached hydrogens (tertiary/aromatic N) is 1. The molecule has 1 saturated heterocycles. The fourth-order valence-electron chi connectivity index (χ4n) is 2.13. The summed E-state index contributed by atoms with van der Waals surface area (Å²) in [7, 11) is 1.39. The molecular formula is C11H9BrClF2NO3S. The second kappa shape index (κ2) is 5.57. The van der Waals surface area contributed by atoms with Gasteiger partial charge in [-0.05, 0) is 28.1 Å². The van der Waals surface area contributed by atoms with Crippen LogP contribution in [0.25, 0.3) is 0 Å². The molecule has 0 spiro atoms. The van der Waals surface area contributed by atoms with E-state index in [4.69, 9.17) is 10.7 Å². The monoisotopic (exact) mass is 387 g/mol. The number of hydrogen-bond donors (Lipinski definition) is 0. The quantitative estimate of drug-likeness (QED) is 0.591. The van der Waals surface area contributed by atoms with E-state index in [9.17, 15) is 22.0 Å². The average Bonchev–Trinajstić information content (AvgIpc) is 2.65. The van der Waals surface area contributed by atoms with Crippen LogP contribution in [0, 0.1) is 17.6 Å². The first kappa shape index (κ1) is 15.7. The van der Waals surface area contributed by atoms with E-state index in [0.29, 0.717) is 0 Å². The van der Waals surface area contributed by atoms with Crippen molar-refractivity contribution in [2.45, 2.75) is 6.42 Å². The van der Waals surface area contributed by atoms with Crippen molar-refractivity contribution in [3.05, 3.63) is 28.2 Å². The van der Waals surface area contributed by atoms with E-state index in [0.717, 1.165) is 4.90 Å². The summed E-state index contributed by atoms with van der Waals surface area (Å²) in [5.74, 6) is -3.62. The molecule has 0 bridgehead atoms. The van der Waals surface area contributed by atoms with E-state index < -0.39 is 32.5 Å². The smallest absolute Gasteiger partial charge is 0.232 e. The van der Waals surface area contributed by atoms with Crippen LogP contribution in [-0.4, -0.2) is 26.6 Å². The lowest BCUT2D eigenvalue weighted by molar-refractivity contribution is -0.117. The Morgan fingerprint density at radius 2 is 2.00 bits per heavy atom. The van der Waals surface area contributed by atoms with Crippen LogP contribution in [0.15, 0.2) is 16.6 Å². The van der Waals surface area contributed by atoms with Gasteiger partial charge >= 0.3 is 0 Å². The summed E-state index contributed by atoms with van der Waals surface area (Å²) in [5, 5.41) is 0. The number of amides is 1. The molecule has 2 rings (SSSR count). The molecule has 110 valence electrons. The van der Waals surface area contributed by atoms with Crippen LogP contribution in [-0.2, 0) is 13.8 Å². The molecule has 1 unspecified atom stereocenters. The van der Waals surface area contributed by atoms with E-state index in [1.807, 2.05) is 0 Å². The SMILES string of the molecule is O=C1CC(CS(=O)(=O)Cl)CN1c1ccc(Br)c(F)c1F. The van der Waals surface area contributed by atoms with Crippen molar-refractivity contribution in [1.29, 1.82) is 0 Å². The van der Waals surface area contributed by atoms with Crippen LogP contribution in [0.3, 0.4) is 0 Å². The van der Waals surface area contributed by atoms with Crippen molar-refractivity contribution in [1.82, 2.24) is 0 Å². The van der Waals surface area contributed by atoms with Crippen LogP contribution in [0.5, 0.6) is 0 Å². The van der Waals surface area contributed by atoms with Gasteiger partial charge in [0, 0.05) is 29.6 Å². The fourth-order valence-corrected chi connectivity index (χ4v) is 3.76. The van der Waals surface area contributed by atoms with Gasteiger partial charge in [0.1, 0.15) is 0 Å². The van der Waals surface area contributed by atoms with Crippen molar-refractivity contribution in [3.8, 4) is 0 Å². The van der Waals surface area contributed by atoms with Gasteiger partial charge in [0.2, 0.25) is 15.0 Å². The largest absolute Gasteiger partial charge is 0.309 e. The fraction of sp³-hybridized carbons (Fsp3) is 0.364. The van der Waals surface area contributed by atoms with Crippen molar-refractivity contribution >= 4 is 47.3 Å². The first-order valence-corrected chi connectivity index (χ1v) is 8.82. The molecule has 1 atom stereocenters. The van der Waals surface area contributed by atoms with Gasteiger partial charge in [-0.1, -0.05) is 0 Å². The molecule has 1 aliphatic heterocycles. The predicted octanol–water partition coefficient (Wildman–Crippen LogP) is 2.65. The number of benzene rings is 1. The maximum absolute atomic E-state index is 13.8. The lowest BCUT2D eigenvalue weighted by Gasteiger charge is -2.17. The average molecular weight is 389 g/mol. The molecule has 0 radical (unpaired) electrons. The van der Waals surface area contributed by atoms with E-state index in [1.165, 1.54) is 12.1 Å². The minimum absolute atomic E-state index is 0.0111. The van der Waals surface area contributed by atoms with E-state index in [2.05, 4.69) is 15.9 Å². The summed E-state index contributed by atoms with van der Waals surface area (Å²) in [6, 6.07) is 2.55. The summed E-state index contributed by atoms with van der Waals surface area (Å²) in [6.07, 6.45) is -0.0664. The maximum atomic E-state index is 13.8. The zero-order valence-corrected chi connectivity index (χ0v) is 13.1. The highest BCUT2D eigenvalue weighted by atomic mass is 79.9. The summed E-state index contributed by atoms with van der Waals surface area (Å²) < 4.78 is 49.2. The van der Waals surface area contributed by atoms with Gasteiger partial charge in [-0.25, -0.2) is 17.2 Å². The zero-order valence-electron chi connectivity index (χ0n) is 9.95. The molecule has 1 aliphatic rings. The van der Waals surface area contributed by atoms with Crippen LogP contribution in [0.4, 0.5) is 14.5 Å². The Morgan fingerprint density at radius 1 is 1.35 bits per heavy atom. The number of anilines is 1. The van der Waals surface area contributed by atoms with Crippen molar-refractivity contribution in [3.63, 3.8) is 0 Å². The summed E-state index contributed by atoms with van der Waals surface area (Å²) in [6.45, 7) is -0.0111. The third-order valence-corrected chi connectivity index (χ3v) is 4.81. The highest BCUT2D eigenvalue weighted by molar-refractivity contribution is 9.10. The Morgan fingerprint density at radius 3 is 2.60 bits per heavy atom. The molecule has 1 fully saturated rings. The molecule has 0 aromatic heterocycles. The molecular weight excluding hydrogens is 380 g/mol. The van der Waals surface area contributed by atoms with Crippen LogP contribution < -0.4 is 4.90 Å². The van der Waals surface area contributed by atoms with Gasteiger partial charge in [-0.3, -0.25) is 4.79 Å². The molecule has 20 heavy (non-hydrogen) atoms. The standard InChI is InChI=1S/C11H9BrClF2NO3S/c12-7-1-2-8(11(15)10(7)14)16-4-6(3-9(16)17)5-20(13,18)19/h1-2,6H,3-5H2. The van der Waals surface area contributed by atoms with Gasteiger partial charge in [0.25, 0.3) is 0 Å². The summed E-state index contributed by atoms with van der Waals surface area (Å²) in [5.41, 5.74) is -0.204. The normalized spacial score (nSPS) is 19.7. The molecule has 9 heteroatoms. The first-order chi connectivity index (χ1) is 9.19. The summed E-state index contributed by atoms with van der Waals surface area (Å²) >= 11 is 2.84. The minimum atomic E-state index is -3.74. The van der Waals surface area contributed by atoms with Gasteiger partial charge in [0.15, 0.2) is 11.6 Å². The van der Waals surface area contributed by atoms with Gasteiger partial charge in [-0.15, -0.1) is 0 Å². The number of carbonyl (C=O) groups excluding carboxylic acids is 1. The number of hydrogen-bond acceptors (Lipinski definition) is 3. The van der Waals surface area contributed by atoms with Crippen LogP contribution >= 0.6 is 26.6 Å². The molecule has 1 aromatic carbocycles. The highest BCUT2D eigenvalue weighted by Crippen LogP contribution is 2.32. The van der Waals surface area contributed by atoms with E-state index in [1.54, 1.807) is 0 Å². The Kier molecular flexibility index (Phi) is 4.36. The topological polar surface area (TPSA) is 54.5 Å². The van der Waals surface area contributed by atoms with Crippen molar-refractivity contribution < 1.29 is 22.0 Å². The lowest BCUT2D eigenvalue weighted by atomic mass is 10.1. The number of halogens is 4. The van der Waals surface area contributed by atoms with Gasteiger partial charge in [0.05, 0.1) is 15.9 Å². The number of carbonyl (C=O) groups is 1. The number of rotatable bonds is 3. The zero-order chi connectivity index (χ0) is 15.1. The van der Waals surface area contributed by atoms with Gasteiger partial charge in [-0.2, -0.15) is 0 Å². The predicted molar refractivity (Wildman–Crippen MR) is 74.2 cm³/mol. The summed E-state index contributed by atoms with van der Waals surface area (Å²) in [4.78, 5) is 12.8. The third kappa shape index (κ3) is 3.29. The van der Waals surface area contributed by atoms with E-state index >= 15 is 0 Å². The van der Waals surface area contributed by atoms with Gasteiger partial charge < -0.3 is 4.90 Å². The molecule has 1 heterocycles. The Hall–Kier alpha value is -0.730. The minimum Gasteiger partial charge on any atom is -0.309 e. The molecule has 1 aromatic rings. The molecule has 1 amide bonds. The molecule has 0 N–H and O–H groups in total. The maximum Gasteiger partial charge on any atom is 0.232 e. The van der Waals surface area contributed by atoms with Crippen LogP contribution in [0.2, 0.25) is 0 Å². The highest BCUT2D eigenvalue weighted by Gasteiger charge is 2.35. The van der Waals surface area contributed by atoms with E-state index in [-0.39, 0.29) is 28.9 Å². The van der Waals surface area contributed by atoms with Crippen LogP contribution in [0.1, 0.15) is 6.42 Å². The second-order valence-corrected chi connectivity index (χ2v) is 8.15. The third-order valence-electron chi connectivity index (χ3n) is 2.95.